The van der Waals surface area contributed by atoms with Gasteiger partial charge in [0.1, 0.15) is 0 Å². The molecule has 4 aliphatic rings. The number of nitrogens with zero attached hydrogens (tertiary/aromatic N) is 4. The normalized spacial score (nSPS) is 23.6. The minimum Gasteiger partial charge on any atom is -0.451 e. The Morgan fingerprint density at radius 1 is 0.625 bits per heavy atom. The van der Waals surface area contributed by atoms with Crippen molar-refractivity contribution in [1.82, 2.24) is 9.80 Å². The van der Waals surface area contributed by atoms with Crippen molar-refractivity contribution >= 4 is 27.4 Å². The number of benzene rings is 2. The summed E-state index contributed by atoms with van der Waals surface area (Å²) in [5.74, 6) is 2.00. The molecule has 2 atom stereocenters. The van der Waals surface area contributed by atoms with Gasteiger partial charge in [0.15, 0.2) is 0 Å². The third kappa shape index (κ3) is 8.62. The minimum absolute atomic E-state index is 0. The molecule has 4 aliphatic heterocycles. The smallest absolute Gasteiger partial charge is 0.0947 e. The number of amidine groups is 2. The Hall–Kier alpha value is -0.802. The van der Waals surface area contributed by atoms with Gasteiger partial charge in [0.2, 0.25) is 0 Å². The molecule has 0 saturated carbocycles. The van der Waals surface area contributed by atoms with E-state index < -0.39 is 10.9 Å². The predicted octanol–water partition coefficient (Wildman–Crippen LogP) is 6.49. The molecule has 6 rings (SSSR count). The SMILES string of the molecule is CC.CC.[B]C1(c2ccccc2)[C-]=C2CCCN2C(C)=N1.[B]C1(c2ccccc2)[C-]=C2CCCN2C(C)=N1.[Y].[Y]. The predicted molar refractivity (Wildman–Crippen MR) is 162 cm³/mol. The van der Waals surface area contributed by atoms with Crippen molar-refractivity contribution in [3.63, 3.8) is 0 Å². The van der Waals surface area contributed by atoms with Gasteiger partial charge in [0.05, 0.1) is 27.4 Å². The van der Waals surface area contributed by atoms with Crippen LogP contribution >= 0.6 is 0 Å². The van der Waals surface area contributed by atoms with Gasteiger partial charge in [-0.15, -0.1) is 0 Å². The molecule has 202 valence electrons. The molecule has 4 heterocycles. The van der Waals surface area contributed by atoms with Gasteiger partial charge >= 0.3 is 0 Å². The maximum Gasteiger partial charge on any atom is 0.0947 e. The van der Waals surface area contributed by atoms with Gasteiger partial charge in [-0.1, -0.05) is 110 Å². The second-order valence-corrected chi connectivity index (χ2v) is 9.24. The summed E-state index contributed by atoms with van der Waals surface area (Å²) in [6.45, 7) is 14.1. The van der Waals surface area contributed by atoms with Gasteiger partial charge in [-0.05, 0) is 39.5 Å². The summed E-state index contributed by atoms with van der Waals surface area (Å²) in [6.07, 6.45) is 11.2. The quantitative estimate of drug-likeness (QED) is 0.269. The van der Waals surface area contributed by atoms with E-state index >= 15 is 0 Å². The average molecular weight is 680 g/mol. The van der Waals surface area contributed by atoms with Gasteiger partial charge in [0, 0.05) is 78.5 Å². The first-order valence-electron chi connectivity index (χ1n) is 14.0. The molecular weight excluding hydrogens is 640 g/mol. The molecule has 0 spiro atoms. The van der Waals surface area contributed by atoms with Crippen molar-refractivity contribution in [1.29, 1.82) is 0 Å². The summed E-state index contributed by atoms with van der Waals surface area (Å²) < 4.78 is 0. The first-order valence-corrected chi connectivity index (χ1v) is 14.0. The van der Waals surface area contributed by atoms with Crippen LogP contribution in [0.3, 0.4) is 0 Å². The first kappa shape index (κ1) is 37.2. The molecule has 2 aromatic rings. The van der Waals surface area contributed by atoms with Crippen molar-refractivity contribution in [3.8, 4) is 0 Å². The van der Waals surface area contributed by atoms with Crippen LogP contribution < -0.4 is 0 Å². The fourth-order valence-electron chi connectivity index (χ4n) is 5.11. The third-order valence-electron chi connectivity index (χ3n) is 6.80. The molecule has 0 aliphatic carbocycles. The zero-order valence-electron chi connectivity index (χ0n) is 25.1. The average Bonchev–Trinajstić information content (AvgIpc) is 3.62. The van der Waals surface area contributed by atoms with Crippen LogP contribution in [0.2, 0.25) is 0 Å². The standard InChI is InChI=1S/2C14H14BN2.2C2H6.2Y/c2*1-11-16-14(15,12-6-3-2-4-7-12)10-13-8-5-9-17(11)13;2*1-2;;/h2*2-4,6-7H,5,8-9H2,1H3;2*1-2H3;;/q2*-1;;;;. The fourth-order valence-corrected chi connectivity index (χ4v) is 5.11. The van der Waals surface area contributed by atoms with Crippen molar-refractivity contribution in [2.24, 2.45) is 9.98 Å². The second-order valence-electron chi connectivity index (χ2n) is 9.24. The summed E-state index contributed by atoms with van der Waals surface area (Å²) in [5.41, 5.74) is 2.78. The summed E-state index contributed by atoms with van der Waals surface area (Å²) >= 11 is 0. The summed E-state index contributed by atoms with van der Waals surface area (Å²) in [6, 6.07) is 20.0. The van der Waals surface area contributed by atoms with E-state index in [2.05, 4.69) is 31.9 Å². The Morgan fingerprint density at radius 2 is 0.950 bits per heavy atom. The number of fused-ring (bicyclic) bond motifs is 2. The Bertz CT molecular complexity index is 1090. The summed E-state index contributed by atoms with van der Waals surface area (Å²) in [5, 5.41) is 0. The maximum atomic E-state index is 6.38. The van der Waals surface area contributed by atoms with Crippen LogP contribution in [0.5, 0.6) is 0 Å². The van der Waals surface area contributed by atoms with E-state index in [1.54, 1.807) is 0 Å². The van der Waals surface area contributed by atoms with Crippen LogP contribution in [0.25, 0.3) is 0 Å². The van der Waals surface area contributed by atoms with E-state index in [0.717, 1.165) is 48.7 Å². The zero-order valence-corrected chi connectivity index (χ0v) is 30.8. The van der Waals surface area contributed by atoms with Gasteiger partial charge in [-0.3, -0.25) is 0 Å². The van der Waals surface area contributed by atoms with E-state index in [1.165, 1.54) is 24.2 Å². The molecule has 6 radical (unpaired) electrons. The van der Waals surface area contributed by atoms with Crippen LogP contribution in [0.1, 0.15) is 78.4 Å². The molecule has 0 N–H and O–H groups in total. The van der Waals surface area contributed by atoms with E-state index in [1.807, 2.05) is 102 Å². The fraction of sp³-hybridized carbons (Fsp3) is 0.438. The van der Waals surface area contributed by atoms with E-state index in [-0.39, 0.29) is 65.4 Å². The maximum absolute atomic E-state index is 6.38. The first-order chi connectivity index (χ1) is 18.4. The molecule has 0 amide bonds. The molecule has 40 heavy (non-hydrogen) atoms. The van der Waals surface area contributed by atoms with Gasteiger partial charge < -0.3 is 31.9 Å². The van der Waals surface area contributed by atoms with Crippen LogP contribution in [0.15, 0.2) is 82.0 Å². The second kappa shape index (κ2) is 17.3. The molecule has 2 saturated heterocycles. The molecule has 2 unspecified atom stereocenters. The van der Waals surface area contributed by atoms with E-state index in [4.69, 9.17) is 15.7 Å². The number of hydrogen-bond donors (Lipinski definition) is 0. The number of allylic oxidation sites excluding steroid dienone is 2. The molecule has 4 nitrogen and oxygen atoms in total. The number of rotatable bonds is 2. The van der Waals surface area contributed by atoms with Gasteiger partial charge in [-0.2, -0.15) is 11.4 Å². The Morgan fingerprint density at radius 3 is 1.27 bits per heavy atom. The molecule has 8 heteroatoms. The minimum atomic E-state index is -0.804. The zero-order chi connectivity index (χ0) is 27.8. The van der Waals surface area contributed by atoms with Crippen molar-refractivity contribution in [2.45, 2.75) is 78.1 Å². The van der Waals surface area contributed by atoms with E-state index in [0.29, 0.717) is 0 Å². The van der Waals surface area contributed by atoms with Crippen LogP contribution in [0.4, 0.5) is 0 Å². The molecule has 2 fully saturated rings. The Kier molecular flexibility index (Phi) is 16.1. The summed E-state index contributed by atoms with van der Waals surface area (Å²) in [4.78, 5) is 13.7. The third-order valence-corrected chi connectivity index (χ3v) is 6.80. The van der Waals surface area contributed by atoms with Gasteiger partial charge in [0.25, 0.3) is 0 Å². The molecule has 0 bridgehead atoms. The summed E-state index contributed by atoms with van der Waals surface area (Å²) in [7, 11) is 12.8. The molecule has 2 aromatic carbocycles. The van der Waals surface area contributed by atoms with Crippen molar-refractivity contribution in [2.75, 3.05) is 13.1 Å². The van der Waals surface area contributed by atoms with Crippen LogP contribution in [-0.4, -0.2) is 50.3 Å². The van der Waals surface area contributed by atoms with E-state index in [9.17, 15) is 0 Å². The van der Waals surface area contributed by atoms with Crippen LogP contribution in [0, 0.1) is 12.2 Å². The molecule has 0 aromatic heterocycles. The largest absolute Gasteiger partial charge is 0.451 e. The van der Waals surface area contributed by atoms with Crippen LogP contribution in [-0.2, 0) is 76.3 Å². The van der Waals surface area contributed by atoms with Crippen molar-refractivity contribution < 1.29 is 65.4 Å². The number of aliphatic imine (C=N–C) groups is 2. The van der Waals surface area contributed by atoms with Gasteiger partial charge in [-0.25, -0.2) is 0 Å². The number of hydrogen-bond acceptors (Lipinski definition) is 4. The molecular formula is C32H40B2N4Y2-2. The Labute approximate surface area is 296 Å². The Balaban J connectivity index is 0.000000341. The monoisotopic (exact) mass is 680 g/mol. The van der Waals surface area contributed by atoms with Crippen molar-refractivity contribution in [3.05, 3.63) is 95.3 Å². The topological polar surface area (TPSA) is 31.2 Å².